The van der Waals surface area contributed by atoms with Gasteiger partial charge in [-0.25, -0.2) is 0 Å². The van der Waals surface area contributed by atoms with Crippen molar-refractivity contribution in [2.24, 2.45) is 10.4 Å². The Balaban J connectivity index is 0.00000324. The van der Waals surface area contributed by atoms with E-state index in [-0.39, 0.29) is 29.5 Å². The summed E-state index contributed by atoms with van der Waals surface area (Å²) in [5, 5.41) is 3.46. The van der Waals surface area contributed by atoms with Crippen LogP contribution < -0.4 is 5.32 Å². The Bertz CT molecular complexity index is 313. The van der Waals surface area contributed by atoms with Gasteiger partial charge in [0.1, 0.15) is 0 Å². The zero-order chi connectivity index (χ0) is 14.0. The molecule has 1 saturated heterocycles. The summed E-state index contributed by atoms with van der Waals surface area (Å²) in [5.41, 5.74) is 0.524. The van der Waals surface area contributed by atoms with Crippen LogP contribution >= 0.6 is 24.0 Å². The minimum atomic E-state index is 0. The Kier molecular flexibility index (Phi) is 7.09. The molecule has 0 aromatic rings. The van der Waals surface area contributed by atoms with Crippen molar-refractivity contribution >= 4 is 29.9 Å². The molecule has 0 aromatic heterocycles. The molecule has 0 aromatic carbocycles. The van der Waals surface area contributed by atoms with Crippen molar-refractivity contribution in [2.75, 3.05) is 40.3 Å². The molecule has 1 N–H and O–H groups in total. The Morgan fingerprint density at radius 2 is 1.89 bits per heavy atom. The lowest BCUT2D eigenvalue weighted by Crippen LogP contribution is -2.72. The molecule has 0 spiro atoms. The van der Waals surface area contributed by atoms with Crippen LogP contribution in [0.5, 0.6) is 0 Å². The molecule has 4 nitrogen and oxygen atoms in total. The molecule has 0 saturated carbocycles. The van der Waals surface area contributed by atoms with E-state index in [1.807, 2.05) is 7.05 Å². The summed E-state index contributed by atoms with van der Waals surface area (Å²) >= 11 is 0. The first-order valence-electron chi connectivity index (χ1n) is 6.93. The quantitative estimate of drug-likeness (QED) is 0.460. The lowest BCUT2D eigenvalue weighted by Gasteiger charge is -2.62. The van der Waals surface area contributed by atoms with Crippen LogP contribution in [-0.2, 0) is 0 Å². The molecule has 0 aliphatic carbocycles. The number of likely N-dealkylation sites (tertiary alicyclic amines) is 1. The van der Waals surface area contributed by atoms with Gasteiger partial charge in [0, 0.05) is 37.6 Å². The second-order valence-electron chi connectivity index (χ2n) is 6.40. The lowest BCUT2D eigenvalue weighted by atomic mass is 9.65. The van der Waals surface area contributed by atoms with Crippen LogP contribution in [0.15, 0.2) is 4.99 Å². The summed E-state index contributed by atoms with van der Waals surface area (Å²) in [4.78, 5) is 9.08. The summed E-state index contributed by atoms with van der Waals surface area (Å²) in [6.45, 7) is 15.6. The van der Waals surface area contributed by atoms with Crippen LogP contribution in [0.2, 0.25) is 0 Å². The minimum absolute atomic E-state index is 0. The van der Waals surface area contributed by atoms with Crippen molar-refractivity contribution in [1.82, 2.24) is 15.1 Å². The molecule has 0 unspecified atom stereocenters. The van der Waals surface area contributed by atoms with Gasteiger partial charge in [0.05, 0.1) is 0 Å². The Labute approximate surface area is 136 Å². The molecular weight excluding hydrogens is 351 g/mol. The average Bonchev–Trinajstić information content (AvgIpc) is 2.32. The Hall–Kier alpha value is -0.0400. The van der Waals surface area contributed by atoms with Crippen molar-refractivity contribution in [3.8, 4) is 0 Å². The van der Waals surface area contributed by atoms with E-state index in [4.69, 9.17) is 0 Å². The van der Waals surface area contributed by atoms with Gasteiger partial charge in [-0.3, -0.25) is 4.99 Å². The fourth-order valence-electron chi connectivity index (χ4n) is 2.21. The van der Waals surface area contributed by atoms with E-state index in [1.165, 1.54) is 0 Å². The molecular formula is C14H31IN4. The molecule has 0 atom stereocenters. The first-order chi connectivity index (χ1) is 8.26. The van der Waals surface area contributed by atoms with Gasteiger partial charge in [-0.15, -0.1) is 24.0 Å². The van der Waals surface area contributed by atoms with Crippen molar-refractivity contribution < 1.29 is 0 Å². The van der Waals surface area contributed by atoms with Gasteiger partial charge in [0.15, 0.2) is 5.96 Å². The molecule has 0 radical (unpaired) electrons. The van der Waals surface area contributed by atoms with Gasteiger partial charge in [-0.2, -0.15) is 0 Å². The largest absolute Gasteiger partial charge is 0.355 e. The van der Waals surface area contributed by atoms with Crippen molar-refractivity contribution in [2.45, 2.75) is 40.2 Å². The molecule has 1 aliphatic rings. The Morgan fingerprint density at radius 1 is 1.32 bits per heavy atom. The molecule has 0 bridgehead atoms. The van der Waals surface area contributed by atoms with Crippen LogP contribution in [0.4, 0.5) is 0 Å². The van der Waals surface area contributed by atoms with E-state index >= 15 is 0 Å². The van der Waals surface area contributed by atoms with Gasteiger partial charge in [0.25, 0.3) is 0 Å². The van der Waals surface area contributed by atoms with E-state index in [1.54, 1.807) is 0 Å². The SMILES string of the molecule is CCN(C)CCNC(=NC)N1CC(C)(C)C1(C)C.I. The molecule has 1 heterocycles. The van der Waals surface area contributed by atoms with Crippen molar-refractivity contribution in [1.29, 1.82) is 0 Å². The highest BCUT2D eigenvalue weighted by Crippen LogP contribution is 2.46. The van der Waals surface area contributed by atoms with E-state index in [0.29, 0.717) is 5.41 Å². The van der Waals surface area contributed by atoms with Crippen LogP contribution in [0.25, 0.3) is 0 Å². The summed E-state index contributed by atoms with van der Waals surface area (Å²) in [6, 6.07) is 0. The average molecular weight is 382 g/mol. The number of likely N-dealkylation sites (N-methyl/N-ethyl adjacent to an activating group) is 1. The number of hydrogen-bond donors (Lipinski definition) is 1. The number of guanidine groups is 1. The highest BCUT2D eigenvalue weighted by Gasteiger charge is 2.53. The number of nitrogens with zero attached hydrogens (tertiary/aromatic N) is 3. The third kappa shape index (κ3) is 3.97. The molecule has 1 fully saturated rings. The maximum Gasteiger partial charge on any atom is 0.194 e. The molecule has 114 valence electrons. The number of nitrogens with one attached hydrogen (secondary N) is 1. The maximum atomic E-state index is 4.41. The second kappa shape index (κ2) is 7.11. The van der Waals surface area contributed by atoms with Gasteiger partial charge >= 0.3 is 0 Å². The van der Waals surface area contributed by atoms with E-state index in [2.05, 4.69) is 61.8 Å². The maximum absolute atomic E-state index is 4.41. The fourth-order valence-corrected chi connectivity index (χ4v) is 2.21. The lowest BCUT2D eigenvalue weighted by molar-refractivity contribution is -0.0667. The van der Waals surface area contributed by atoms with E-state index in [0.717, 1.165) is 32.1 Å². The van der Waals surface area contributed by atoms with Gasteiger partial charge in [-0.05, 0) is 27.4 Å². The predicted octanol–water partition coefficient (Wildman–Crippen LogP) is 2.25. The summed E-state index contributed by atoms with van der Waals surface area (Å²) < 4.78 is 0. The van der Waals surface area contributed by atoms with Crippen LogP contribution in [0.3, 0.4) is 0 Å². The number of halogens is 1. The minimum Gasteiger partial charge on any atom is -0.355 e. The van der Waals surface area contributed by atoms with Crippen LogP contribution in [-0.4, -0.2) is 61.6 Å². The second-order valence-corrected chi connectivity index (χ2v) is 6.40. The number of rotatable bonds is 4. The summed E-state index contributed by atoms with van der Waals surface area (Å²) in [5.74, 6) is 1.03. The third-order valence-electron chi connectivity index (χ3n) is 4.67. The number of hydrogen-bond acceptors (Lipinski definition) is 2. The molecule has 19 heavy (non-hydrogen) atoms. The highest BCUT2D eigenvalue weighted by molar-refractivity contribution is 14.0. The number of aliphatic imine (C=N–C) groups is 1. The third-order valence-corrected chi connectivity index (χ3v) is 4.67. The molecule has 1 rings (SSSR count). The normalized spacial score (nSPS) is 20.8. The fraction of sp³-hybridized carbons (Fsp3) is 0.929. The summed E-state index contributed by atoms with van der Waals surface area (Å²) in [6.07, 6.45) is 0. The molecule has 5 heteroatoms. The first-order valence-corrected chi connectivity index (χ1v) is 6.93. The molecule has 1 aliphatic heterocycles. The Morgan fingerprint density at radius 3 is 2.26 bits per heavy atom. The summed E-state index contributed by atoms with van der Waals surface area (Å²) in [7, 11) is 4.01. The van der Waals surface area contributed by atoms with Crippen molar-refractivity contribution in [3.05, 3.63) is 0 Å². The van der Waals surface area contributed by atoms with E-state index in [9.17, 15) is 0 Å². The predicted molar refractivity (Wildman–Crippen MR) is 94.5 cm³/mol. The monoisotopic (exact) mass is 382 g/mol. The van der Waals surface area contributed by atoms with Gasteiger partial charge in [-0.1, -0.05) is 20.8 Å². The zero-order valence-electron chi connectivity index (χ0n) is 13.6. The topological polar surface area (TPSA) is 30.9 Å². The van der Waals surface area contributed by atoms with Crippen LogP contribution in [0, 0.1) is 5.41 Å². The smallest absolute Gasteiger partial charge is 0.194 e. The standard InChI is InChI=1S/C14H30N4.HI/c1-8-17(7)10-9-16-12(15-6)18-11-13(2,3)14(18,4)5;/h8-11H2,1-7H3,(H,15,16);1H. The van der Waals surface area contributed by atoms with Crippen molar-refractivity contribution in [3.63, 3.8) is 0 Å². The van der Waals surface area contributed by atoms with E-state index < -0.39 is 0 Å². The highest BCUT2D eigenvalue weighted by atomic mass is 127. The first kappa shape index (κ1) is 19.0. The van der Waals surface area contributed by atoms with Crippen LogP contribution in [0.1, 0.15) is 34.6 Å². The van der Waals surface area contributed by atoms with Gasteiger partial charge in [0.2, 0.25) is 0 Å². The zero-order valence-corrected chi connectivity index (χ0v) is 15.9. The molecule has 0 amide bonds. The van der Waals surface area contributed by atoms with Gasteiger partial charge < -0.3 is 15.1 Å².